The zero-order valence-electron chi connectivity index (χ0n) is 12.7. The minimum atomic E-state index is -0.602. The van der Waals surface area contributed by atoms with E-state index in [0.29, 0.717) is 13.1 Å². The third-order valence-electron chi connectivity index (χ3n) is 3.37. The topological polar surface area (TPSA) is 108 Å². The summed E-state index contributed by atoms with van der Waals surface area (Å²) in [6, 6.07) is 1.48. The number of rotatable bonds is 6. The Morgan fingerprint density at radius 1 is 1.36 bits per heavy atom. The van der Waals surface area contributed by atoms with E-state index in [4.69, 9.17) is 0 Å². The third kappa shape index (κ3) is 2.83. The SMILES string of the molecule is CCn1nccc1C(C)NC(=O)c1c([N+](=O)[O-])cnn1CC. The van der Waals surface area contributed by atoms with Crippen LogP contribution in [0.4, 0.5) is 5.69 Å². The summed E-state index contributed by atoms with van der Waals surface area (Å²) in [5, 5.41) is 21.8. The van der Waals surface area contributed by atoms with Crippen LogP contribution in [0.15, 0.2) is 18.5 Å². The van der Waals surface area contributed by atoms with E-state index in [1.165, 1.54) is 4.68 Å². The first-order chi connectivity index (χ1) is 10.5. The average molecular weight is 306 g/mol. The summed E-state index contributed by atoms with van der Waals surface area (Å²) >= 11 is 0. The number of hydrogen-bond acceptors (Lipinski definition) is 5. The average Bonchev–Trinajstić information content (AvgIpc) is 3.12. The Balaban J connectivity index is 2.26. The van der Waals surface area contributed by atoms with Crippen LogP contribution in [-0.4, -0.2) is 30.4 Å². The van der Waals surface area contributed by atoms with E-state index in [0.717, 1.165) is 11.9 Å². The zero-order valence-corrected chi connectivity index (χ0v) is 12.7. The molecule has 0 aliphatic heterocycles. The number of nitrogens with zero attached hydrogens (tertiary/aromatic N) is 5. The quantitative estimate of drug-likeness (QED) is 0.643. The molecular formula is C13H18N6O3. The Bertz CT molecular complexity index is 690. The van der Waals surface area contributed by atoms with Gasteiger partial charge in [-0.1, -0.05) is 0 Å². The van der Waals surface area contributed by atoms with Crippen LogP contribution in [0.1, 0.15) is 43.0 Å². The second kappa shape index (κ2) is 6.37. The Labute approximate surface area is 127 Å². The molecule has 1 N–H and O–H groups in total. The van der Waals surface area contributed by atoms with Crippen LogP contribution in [0.2, 0.25) is 0 Å². The van der Waals surface area contributed by atoms with E-state index in [-0.39, 0.29) is 17.4 Å². The van der Waals surface area contributed by atoms with Gasteiger partial charge in [0, 0.05) is 19.3 Å². The maximum absolute atomic E-state index is 12.4. The molecule has 0 bridgehead atoms. The molecule has 0 aliphatic rings. The second-order valence-electron chi connectivity index (χ2n) is 4.72. The zero-order chi connectivity index (χ0) is 16.3. The standard InChI is InChI=1S/C13H18N6O3/c1-4-17-10(6-7-14-17)9(3)16-13(20)12-11(19(21)22)8-15-18(12)5-2/h6-9H,4-5H2,1-3H3,(H,16,20). The first kappa shape index (κ1) is 15.7. The normalized spacial score (nSPS) is 12.1. The predicted octanol–water partition coefficient (Wildman–Crippen LogP) is 1.52. The van der Waals surface area contributed by atoms with Crippen LogP contribution >= 0.6 is 0 Å². The molecular weight excluding hydrogens is 288 g/mol. The second-order valence-corrected chi connectivity index (χ2v) is 4.72. The number of aryl methyl sites for hydroxylation is 2. The van der Waals surface area contributed by atoms with Crippen molar-refractivity contribution < 1.29 is 9.72 Å². The lowest BCUT2D eigenvalue weighted by Crippen LogP contribution is -2.30. The summed E-state index contributed by atoms with van der Waals surface area (Å²) in [5.74, 6) is -0.526. The Morgan fingerprint density at radius 2 is 2.05 bits per heavy atom. The molecule has 0 aliphatic carbocycles. The Hall–Kier alpha value is -2.71. The Kier molecular flexibility index (Phi) is 4.54. The minimum absolute atomic E-state index is 0.0399. The van der Waals surface area contributed by atoms with Gasteiger partial charge in [-0.3, -0.25) is 24.3 Å². The number of hydrogen-bond donors (Lipinski definition) is 1. The van der Waals surface area contributed by atoms with Gasteiger partial charge < -0.3 is 5.32 Å². The molecule has 2 heterocycles. The van der Waals surface area contributed by atoms with Gasteiger partial charge in [0.15, 0.2) is 0 Å². The summed E-state index contributed by atoms with van der Waals surface area (Å²) in [6.07, 6.45) is 2.75. The van der Waals surface area contributed by atoms with Crippen molar-refractivity contribution >= 4 is 11.6 Å². The lowest BCUT2D eigenvalue weighted by atomic mass is 10.2. The highest BCUT2D eigenvalue weighted by molar-refractivity contribution is 5.96. The van der Waals surface area contributed by atoms with E-state index >= 15 is 0 Å². The van der Waals surface area contributed by atoms with Crippen molar-refractivity contribution in [1.29, 1.82) is 0 Å². The fourth-order valence-electron chi connectivity index (χ4n) is 2.30. The molecule has 0 saturated heterocycles. The van der Waals surface area contributed by atoms with Crippen LogP contribution in [0.5, 0.6) is 0 Å². The van der Waals surface area contributed by atoms with E-state index < -0.39 is 10.8 Å². The molecule has 0 aromatic carbocycles. The number of carbonyl (C=O) groups is 1. The minimum Gasteiger partial charge on any atom is -0.342 e. The molecule has 118 valence electrons. The van der Waals surface area contributed by atoms with Gasteiger partial charge in [-0.2, -0.15) is 10.2 Å². The van der Waals surface area contributed by atoms with Gasteiger partial charge in [-0.05, 0) is 26.8 Å². The van der Waals surface area contributed by atoms with Crippen molar-refractivity contribution in [3.8, 4) is 0 Å². The van der Waals surface area contributed by atoms with Crippen LogP contribution in [0.3, 0.4) is 0 Å². The molecule has 2 aromatic heterocycles. The number of nitro groups is 1. The van der Waals surface area contributed by atoms with Crippen molar-refractivity contribution in [3.05, 3.63) is 40.0 Å². The largest absolute Gasteiger partial charge is 0.342 e. The number of amides is 1. The third-order valence-corrected chi connectivity index (χ3v) is 3.37. The lowest BCUT2D eigenvalue weighted by Gasteiger charge is -2.15. The van der Waals surface area contributed by atoms with Gasteiger partial charge in [0.1, 0.15) is 6.20 Å². The molecule has 1 atom stereocenters. The van der Waals surface area contributed by atoms with Crippen LogP contribution in [0.25, 0.3) is 0 Å². The molecule has 0 spiro atoms. The maximum Gasteiger partial charge on any atom is 0.320 e. The maximum atomic E-state index is 12.4. The van der Waals surface area contributed by atoms with Gasteiger partial charge in [-0.25, -0.2) is 0 Å². The molecule has 0 fully saturated rings. The van der Waals surface area contributed by atoms with E-state index in [9.17, 15) is 14.9 Å². The molecule has 9 heteroatoms. The fourth-order valence-corrected chi connectivity index (χ4v) is 2.30. The fraction of sp³-hybridized carbons (Fsp3) is 0.462. The van der Waals surface area contributed by atoms with Crippen molar-refractivity contribution in [2.75, 3.05) is 0 Å². The molecule has 2 rings (SSSR count). The molecule has 1 unspecified atom stereocenters. The first-order valence-electron chi connectivity index (χ1n) is 7.02. The van der Waals surface area contributed by atoms with Crippen molar-refractivity contribution in [3.63, 3.8) is 0 Å². The van der Waals surface area contributed by atoms with E-state index in [2.05, 4.69) is 15.5 Å². The molecule has 22 heavy (non-hydrogen) atoms. The van der Waals surface area contributed by atoms with Gasteiger partial charge >= 0.3 is 5.69 Å². The van der Waals surface area contributed by atoms with Gasteiger partial charge in [0.2, 0.25) is 5.69 Å². The summed E-state index contributed by atoms with van der Waals surface area (Å²) in [6.45, 7) is 6.57. The summed E-state index contributed by atoms with van der Waals surface area (Å²) < 4.78 is 3.08. The van der Waals surface area contributed by atoms with E-state index in [1.807, 2.05) is 6.92 Å². The van der Waals surface area contributed by atoms with Gasteiger partial charge in [0.25, 0.3) is 5.91 Å². The predicted molar refractivity (Wildman–Crippen MR) is 78.3 cm³/mol. The van der Waals surface area contributed by atoms with Gasteiger partial charge in [0.05, 0.1) is 16.7 Å². The summed E-state index contributed by atoms with van der Waals surface area (Å²) in [4.78, 5) is 22.8. The number of nitrogens with one attached hydrogen (secondary N) is 1. The smallest absolute Gasteiger partial charge is 0.320 e. The highest BCUT2D eigenvalue weighted by atomic mass is 16.6. The van der Waals surface area contributed by atoms with Crippen LogP contribution in [-0.2, 0) is 13.1 Å². The monoisotopic (exact) mass is 306 g/mol. The van der Waals surface area contributed by atoms with E-state index in [1.54, 1.807) is 30.8 Å². The summed E-state index contributed by atoms with van der Waals surface area (Å²) in [7, 11) is 0. The molecule has 0 saturated carbocycles. The molecule has 1 amide bonds. The lowest BCUT2D eigenvalue weighted by molar-refractivity contribution is -0.385. The van der Waals surface area contributed by atoms with Crippen LogP contribution in [0, 0.1) is 10.1 Å². The number of aromatic nitrogens is 4. The molecule has 2 aromatic rings. The first-order valence-corrected chi connectivity index (χ1v) is 7.02. The highest BCUT2D eigenvalue weighted by Crippen LogP contribution is 2.19. The van der Waals surface area contributed by atoms with Crippen LogP contribution < -0.4 is 5.32 Å². The van der Waals surface area contributed by atoms with Gasteiger partial charge in [-0.15, -0.1) is 0 Å². The molecule has 9 nitrogen and oxygen atoms in total. The number of carbonyl (C=O) groups excluding carboxylic acids is 1. The Morgan fingerprint density at radius 3 is 2.64 bits per heavy atom. The summed E-state index contributed by atoms with van der Waals surface area (Å²) in [5.41, 5.74) is 0.499. The van der Waals surface area contributed by atoms with Crippen molar-refractivity contribution in [1.82, 2.24) is 24.9 Å². The molecule has 0 radical (unpaired) electrons. The highest BCUT2D eigenvalue weighted by Gasteiger charge is 2.27. The van der Waals surface area contributed by atoms with Crippen molar-refractivity contribution in [2.24, 2.45) is 0 Å². The van der Waals surface area contributed by atoms with Crippen molar-refractivity contribution in [2.45, 2.75) is 39.9 Å².